The molecule has 2 aliphatic heterocycles. The molecule has 0 spiro atoms. The molecule has 0 bridgehead atoms. The van der Waals surface area contributed by atoms with Gasteiger partial charge in [0.25, 0.3) is 0 Å². The van der Waals surface area contributed by atoms with Crippen LogP contribution in [0.3, 0.4) is 0 Å². The van der Waals surface area contributed by atoms with Gasteiger partial charge in [-0.1, -0.05) is 6.07 Å². The number of aromatic nitrogens is 2. The Labute approximate surface area is 149 Å². The lowest BCUT2D eigenvalue weighted by Gasteiger charge is -2.41. The van der Waals surface area contributed by atoms with E-state index in [4.69, 9.17) is 9.39 Å². The van der Waals surface area contributed by atoms with Crippen molar-refractivity contribution in [3.05, 3.63) is 41.5 Å². The number of benzene rings is 1. The van der Waals surface area contributed by atoms with Gasteiger partial charge < -0.3 is 29.6 Å². The van der Waals surface area contributed by atoms with Crippen LogP contribution in [0.4, 0.5) is 0 Å². The van der Waals surface area contributed by atoms with Crippen molar-refractivity contribution in [1.82, 2.24) is 14.9 Å². The maximum Gasteiger partial charge on any atom is 0.522 e. The molecule has 1 atom stereocenters. The van der Waals surface area contributed by atoms with Gasteiger partial charge in [-0.25, -0.2) is 9.78 Å². The summed E-state index contributed by atoms with van der Waals surface area (Å²) in [5.41, 5.74) is 0.662. The molecule has 1 saturated heterocycles. The summed E-state index contributed by atoms with van der Waals surface area (Å²) in [4.78, 5) is 20.3. The Morgan fingerprint density at radius 3 is 2.96 bits per heavy atom. The Balaban J connectivity index is 1.48. The first-order valence-electron chi connectivity index (χ1n) is 8.35. The van der Waals surface area contributed by atoms with Crippen LogP contribution in [0, 0.1) is 0 Å². The third-order valence-corrected chi connectivity index (χ3v) is 4.61. The molecule has 2 aliphatic rings. The molecule has 4 rings (SSSR count). The van der Waals surface area contributed by atoms with Crippen LogP contribution in [0.15, 0.2) is 24.5 Å². The highest BCUT2D eigenvalue weighted by Gasteiger charge is 2.36. The van der Waals surface area contributed by atoms with E-state index in [0.29, 0.717) is 31.7 Å². The number of aromatic amines is 1. The zero-order valence-corrected chi connectivity index (χ0v) is 13.8. The fraction of sp³-hybridized carbons (Fsp3) is 0.375. The Hall–Kier alpha value is -2.56. The number of H-pyrrole nitrogens is 1. The molecule has 0 amide bonds. The van der Waals surface area contributed by atoms with E-state index in [-0.39, 0.29) is 23.2 Å². The topological polar surface area (TPSA) is 128 Å². The van der Waals surface area contributed by atoms with Crippen LogP contribution in [0.1, 0.15) is 28.0 Å². The van der Waals surface area contributed by atoms with Gasteiger partial charge in [0, 0.05) is 25.5 Å². The van der Waals surface area contributed by atoms with Gasteiger partial charge in [0.05, 0.1) is 0 Å². The quantitative estimate of drug-likeness (QED) is 0.561. The number of carboxylic acids is 1. The number of aliphatic hydroxyl groups is 1. The van der Waals surface area contributed by atoms with Gasteiger partial charge in [-0.15, -0.1) is 0 Å². The summed E-state index contributed by atoms with van der Waals surface area (Å²) in [6, 6.07) is 3.38. The predicted molar refractivity (Wildman–Crippen MR) is 90.0 cm³/mol. The van der Waals surface area contributed by atoms with E-state index in [9.17, 15) is 20.0 Å². The van der Waals surface area contributed by atoms with Gasteiger partial charge >= 0.3 is 13.1 Å². The third kappa shape index (κ3) is 3.02. The number of ether oxygens (including phenoxy) is 1. The molecule has 26 heavy (non-hydrogen) atoms. The Bertz CT molecular complexity index is 809. The number of aromatic carboxylic acids is 1. The smallest absolute Gasteiger partial charge is 0.522 e. The predicted octanol–water partition coefficient (Wildman–Crippen LogP) is 0.277. The van der Waals surface area contributed by atoms with E-state index in [0.717, 1.165) is 5.56 Å². The summed E-state index contributed by atoms with van der Waals surface area (Å²) in [6.45, 7) is 0.864. The average Bonchev–Trinajstić information content (AvgIpc) is 3.10. The number of fused-ring (bicyclic) bond motifs is 1. The van der Waals surface area contributed by atoms with Crippen LogP contribution >= 0.6 is 0 Å². The molecule has 136 valence electrons. The number of likely N-dealkylation sites (tertiary alicyclic amines) is 1. The lowest BCUT2D eigenvalue weighted by Crippen LogP contribution is -2.55. The largest absolute Gasteiger partial charge is 0.535 e. The fourth-order valence-electron chi connectivity index (χ4n) is 3.23. The minimum atomic E-state index is -1.17. The van der Waals surface area contributed by atoms with Crippen LogP contribution in [-0.4, -0.2) is 62.4 Å². The highest BCUT2D eigenvalue weighted by atomic mass is 16.5. The average molecular weight is 359 g/mol. The molecule has 0 radical (unpaired) electrons. The van der Waals surface area contributed by atoms with Gasteiger partial charge in [0.2, 0.25) is 0 Å². The molecule has 3 heterocycles. The minimum Gasteiger partial charge on any atom is -0.535 e. The number of imidazole rings is 1. The molecular weight excluding hydrogens is 341 g/mol. The Kier molecular flexibility index (Phi) is 4.31. The molecule has 1 fully saturated rings. The number of hydrogen-bond donors (Lipinski definition) is 4. The first-order valence-corrected chi connectivity index (χ1v) is 8.35. The SMILES string of the molecule is O=C(O)c1c(OC2CN(C(O)c3ncc[nH]3)C2)ccc2c1OB(O)CC2. The first-order chi connectivity index (χ1) is 12.5. The number of aryl methyl sites for hydroxylation is 1. The van der Waals surface area contributed by atoms with Crippen LogP contribution in [0.5, 0.6) is 11.5 Å². The van der Waals surface area contributed by atoms with Crippen molar-refractivity contribution in [3.8, 4) is 11.5 Å². The highest BCUT2D eigenvalue weighted by Crippen LogP contribution is 2.37. The lowest BCUT2D eigenvalue weighted by molar-refractivity contribution is -0.0959. The van der Waals surface area contributed by atoms with Crippen LogP contribution in [0.2, 0.25) is 6.32 Å². The summed E-state index contributed by atoms with van der Waals surface area (Å²) in [5.74, 6) is -0.355. The second kappa shape index (κ2) is 6.63. The number of hydrogen-bond acceptors (Lipinski definition) is 7. The second-order valence-corrected chi connectivity index (χ2v) is 6.39. The zero-order valence-electron chi connectivity index (χ0n) is 13.8. The van der Waals surface area contributed by atoms with E-state index in [1.807, 2.05) is 0 Å². The normalized spacial score (nSPS) is 18.6. The molecule has 10 heteroatoms. The van der Waals surface area contributed by atoms with Crippen LogP contribution < -0.4 is 9.39 Å². The van der Waals surface area contributed by atoms with Crippen molar-refractivity contribution in [2.24, 2.45) is 0 Å². The van der Waals surface area contributed by atoms with Gasteiger partial charge in [-0.05, 0) is 24.4 Å². The zero-order chi connectivity index (χ0) is 18.3. The molecule has 4 N–H and O–H groups in total. The van der Waals surface area contributed by atoms with Crippen LogP contribution in [-0.2, 0) is 6.42 Å². The van der Waals surface area contributed by atoms with Gasteiger partial charge in [-0.2, -0.15) is 0 Å². The molecule has 9 nitrogen and oxygen atoms in total. The molecule has 0 aliphatic carbocycles. The van der Waals surface area contributed by atoms with Crippen LogP contribution in [0.25, 0.3) is 0 Å². The van der Waals surface area contributed by atoms with E-state index in [1.165, 1.54) is 0 Å². The molecule has 0 saturated carbocycles. The van der Waals surface area contributed by atoms with Crippen molar-refractivity contribution >= 4 is 13.1 Å². The summed E-state index contributed by atoms with van der Waals surface area (Å²) in [5, 5.41) is 29.4. The molecule has 1 aromatic carbocycles. The number of rotatable bonds is 5. The summed E-state index contributed by atoms with van der Waals surface area (Å²) in [7, 11) is -1.02. The van der Waals surface area contributed by atoms with E-state index in [1.54, 1.807) is 29.4 Å². The van der Waals surface area contributed by atoms with Gasteiger partial charge in [-0.3, -0.25) is 4.90 Å². The number of carbonyl (C=O) groups is 1. The van der Waals surface area contributed by atoms with Gasteiger partial charge in [0.15, 0.2) is 6.23 Å². The maximum atomic E-state index is 11.7. The first kappa shape index (κ1) is 16.9. The van der Waals surface area contributed by atoms with Crippen molar-refractivity contribution in [2.75, 3.05) is 13.1 Å². The number of nitrogens with one attached hydrogen (secondary N) is 1. The molecule has 1 unspecified atom stereocenters. The fourth-order valence-corrected chi connectivity index (χ4v) is 3.23. The second-order valence-electron chi connectivity index (χ2n) is 6.39. The molecule has 2 aromatic rings. The van der Waals surface area contributed by atoms with Crippen molar-refractivity contribution in [3.63, 3.8) is 0 Å². The maximum absolute atomic E-state index is 11.7. The van der Waals surface area contributed by atoms with Crippen molar-refractivity contribution < 1.29 is 29.4 Å². The lowest BCUT2D eigenvalue weighted by atomic mass is 9.78. The number of nitrogens with zero attached hydrogens (tertiary/aromatic N) is 2. The monoisotopic (exact) mass is 359 g/mol. The van der Waals surface area contributed by atoms with Gasteiger partial charge in [0.1, 0.15) is 29.0 Å². The Morgan fingerprint density at radius 1 is 1.46 bits per heavy atom. The minimum absolute atomic E-state index is 0.0775. The molecule has 1 aromatic heterocycles. The van der Waals surface area contributed by atoms with E-state index in [2.05, 4.69) is 9.97 Å². The number of carboxylic acid groups (broad SMARTS) is 1. The number of aliphatic hydroxyl groups excluding tert-OH is 1. The summed E-state index contributed by atoms with van der Waals surface area (Å²) < 4.78 is 11.2. The highest BCUT2D eigenvalue weighted by molar-refractivity contribution is 6.44. The van der Waals surface area contributed by atoms with Crippen molar-refractivity contribution in [2.45, 2.75) is 25.1 Å². The van der Waals surface area contributed by atoms with Crippen molar-refractivity contribution in [1.29, 1.82) is 0 Å². The Morgan fingerprint density at radius 2 is 2.27 bits per heavy atom. The van der Waals surface area contributed by atoms with E-state index < -0.39 is 19.3 Å². The summed E-state index contributed by atoms with van der Waals surface area (Å²) in [6.07, 6.45) is 3.05. The summed E-state index contributed by atoms with van der Waals surface area (Å²) >= 11 is 0. The molecular formula is C16H18BN3O6. The third-order valence-electron chi connectivity index (χ3n) is 4.61. The van der Waals surface area contributed by atoms with E-state index >= 15 is 0 Å². The standard InChI is InChI=1S/C16H18BN3O6/c21-15(14-18-5-6-19-14)20-7-10(8-20)25-11-2-1-9-3-4-17(24)26-13(9)12(11)16(22)23/h1-2,5-6,10,15,21,24H,3-4,7-8H2,(H,18,19)(H,22,23).